The first kappa shape index (κ1) is 27.1. The zero-order chi connectivity index (χ0) is 27.3. The summed E-state index contributed by atoms with van der Waals surface area (Å²) in [6.45, 7) is 3.61. The third kappa shape index (κ3) is 7.08. The van der Waals surface area contributed by atoms with Gasteiger partial charge in [-0.05, 0) is 48.9 Å². The Balaban J connectivity index is 1.50. The maximum Gasteiger partial charge on any atom is 0.573 e. The molecule has 1 amide bonds. The van der Waals surface area contributed by atoms with Crippen LogP contribution in [0.1, 0.15) is 22.8 Å². The number of nitrogens with zero attached hydrogens (tertiary/aromatic N) is 2. The van der Waals surface area contributed by atoms with E-state index < -0.39 is 24.1 Å². The molecule has 1 aliphatic rings. The predicted octanol–water partition coefficient (Wildman–Crippen LogP) is 4.31. The molecule has 11 heteroatoms. The van der Waals surface area contributed by atoms with E-state index in [0.717, 1.165) is 11.6 Å². The first-order valence-corrected chi connectivity index (χ1v) is 12.0. The number of nitrogens with one attached hydrogen (secondary N) is 1. The van der Waals surface area contributed by atoms with Crippen LogP contribution < -0.4 is 15.8 Å². The van der Waals surface area contributed by atoms with Gasteiger partial charge < -0.3 is 20.5 Å². The normalized spacial score (nSPS) is 15.1. The quantitative estimate of drug-likeness (QED) is 0.331. The van der Waals surface area contributed by atoms with Crippen LogP contribution in [-0.4, -0.2) is 60.3 Å². The summed E-state index contributed by atoms with van der Waals surface area (Å²) in [5.41, 5.74) is 8.42. The Kier molecular flexibility index (Phi) is 8.28. The van der Waals surface area contributed by atoms with Crippen molar-refractivity contribution in [3.05, 3.63) is 71.9 Å². The van der Waals surface area contributed by atoms with Crippen LogP contribution >= 0.6 is 0 Å². The molecule has 1 aliphatic heterocycles. The third-order valence-corrected chi connectivity index (χ3v) is 6.15. The molecule has 1 fully saturated rings. The topological polar surface area (TPSA) is 107 Å². The number of halogens is 3. The van der Waals surface area contributed by atoms with Crippen LogP contribution in [0.2, 0.25) is 0 Å². The molecule has 2 heterocycles. The third-order valence-electron chi connectivity index (χ3n) is 6.15. The maximum atomic E-state index is 13.0. The van der Waals surface area contributed by atoms with Crippen molar-refractivity contribution in [1.29, 1.82) is 0 Å². The number of carbonyl (C=O) groups excluding carboxylic acids is 2. The van der Waals surface area contributed by atoms with Gasteiger partial charge in [-0.25, -0.2) is 0 Å². The average Bonchev–Trinajstić information content (AvgIpc) is 2.90. The van der Waals surface area contributed by atoms with Crippen molar-refractivity contribution in [1.82, 2.24) is 9.88 Å². The summed E-state index contributed by atoms with van der Waals surface area (Å²) in [5, 5.41) is 2.50. The summed E-state index contributed by atoms with van der Waals surface area (Å²) in [4.78, 5) is 32.1. The molecule has 38 heavy (non-hydrogen) atoms. The molecule has 1 aromatic heterocycles. The number of ketones is 1. The molecule has 8 nitrogen and oxygen atoms in total. The Morgan fingerprint density at radius 2 is 1.82 bits per heavy atom. The molecule has 200 valence electrons. The highest BCUT2D eigenvalue weighted by atomic mass is 19.4. The van der Waals surface area contributed by atoms with Crippen LogP contribution in [0.5, 0.6) is 5.75 Å². The Bertz CT molecular complexity index is 1270. The number of aromatic nitrogens is 1. The molecule has 1 saturated heterocycles. The van der Waals surface area contributed by atoms with Crippen molar-refractivity contribution >= 4 is 23.1 Å². The van der Waals surface area contributed by atoms with Gasteiger partial charge >= 0.3 is 6.36 Å². The molecule has 0 saturated carbocycles. The van der Waals surface area contributed by atoms with Gasteiger partial charge in [-0.3, -0.25) is 19.5 Å². The molecular weight excluding hydrogens is 501 g/mol. The second-order valence-corrected chi connectivity index (χ2v) is 8.85. The molecule has 4 rings (SSSR count). The molecule has 0 spiro atoms. The highest BCUT2D eigenvalue weighted by molar-refractivity contribution is 6.01. The molecular formula is C27H27F3N4O4. The lowest BCUT2D eigenvalue weighted by Gasteiger charge is -2.31. The number of hydrogen-bond acceptors (Lipinski definition) is 7. The zero-order valence-electron chi connectivity index (χ0n) is 20.6. The van der Waals surface area contributed by atoms with E-state index in [9.17, 15) is 22.8 Å². The van der Waals surface area contributed by atoms with Crippen molar-refractivity contribution in [3.63, 3.8) is 0 Å². The van der Waals surface area contributed by atoms with Gasteiger partial charge in [-0.15, -0.1) is 13.2 Å². The molecule has 1 atom stereocenters. The molecule has 0 bridgehead atoms. The van der Waals surface area contributed by atoms with Crippen LogP contribution in [0.3, 0.4) is 0 Å². The van der Waals surface area contributed by atoms with E-state index in [1.54, 1.807) is 37.4 Å². The van der Waals surface area contributed by atoms with Gasteiger partial charge in [0.15, 0.2) is 11.5 Å². The number of morpholine rings is 1. The number of ether oxygens (including phenoxy) is 2. The lowest BCUT2D eigenvalue weighted by atomic mass is 10.0. The number of anilines is 2. The number of carbonyl (C=O) groups is 2. The number of nitrogen functional groups attached to an aromatic ring is 1. The highest BCUT2D eigenvalue weighted by Crippen LogP contribution is 2.32. The van der Waals surface area contributed by atoms with Crippen LogP contribution in [0, 0.1) is 0 Å². The summed E-state index contributed by atoms with van der Waals surface area (Å²) in [6.07, 6.45) is -3.44. The predicted molar refractivity (Wildman–Crippen MR) is 136 cm³/mol. The van der Waals surface area contributed by atoms with Gasteiger partial charge in [0.25, 0.3) is 0 Å². The van der Waals surface area contributed by atoms with Crippen LogP contribution in [0.4, 0.5) is 24.5 Å². The lowest BCUT2D eigenvalue weighted by Crippen LogP contribution is -2.47. The standard InChI is InChI=1S/C27H27F3N4O4/c1-17(34-10-12-37-13-11-34)26(36)33-23-15-20(5-9-25(23)38-27(28,29)30)24(35)14-18-2-8-22(32-16-18)19-3-6-21(31)7-4-19/h2-9,15-17H,10-14,31H2,1H3,(H,33,36). The fourth-order valence-corrected chi connectivity index (χ4v) is 4.02. The number of Topliss-reactive ketones (excluding diaryl/α,β-unsaturated/α-hetero) is 1. The number of benzene rings is 2. The van der Waals surface area contributed by atoms with Crippen LogP contribution in [0.25, 0.3) is 11.3 Å². The van der Waals surface area contributed by atoms with Crippen molar-refractivity contribution in [2.24, 2.45) is 0 Å². The lowest BCUT2D eigenvalue weighted by molar-refractivity contribution is -0.274. The summed E-state index contributed by atoms with van der Waals surface area (Å²) < 4.78 is 48.4. The largest absolute Gasteiger partial charge is 0.573 e. The Morgan fingerprint density at radius 1 is 1.11 bits per heavy atom. The molecule has 1 unspecified atom stereocenters. The second kappa shape index (κ2) is 11.6. The van der Waals surface area contributed by atoms with Gasteiger partial charge in [-0.1, -0.05) is 18.2 Å². The number of nitrogens with two attached hydrogens (primary N) is 1. The minimum Gasteiger partial charge on any atom is -0.404 e. The van der Waals surface area contributed by atoms with E-state index in [1.165, 1.54) is 12.1 Å². The Labute approximate surface area is 217 Å². The van der Waals surface area contributed by atoms with E-state index in [0.29, 0.717) is 43.2 Å². The minimum absolute atomic E-state index is 0.0357. The second-order valence-electron chi connectivity index (χ2n) is 8.85. The van der Waals surface area contributed by atoms with E-state index >= 15 is 0 Å². The minimum atomic E-state index is -4.97. The monoisotopic (exact) mass is 528 g/mol. The fourth-order valence-electron chi connectivity index (χ4n) is 4.02. The zero-order valence-corrected chi connectivity index (χ0v) is 20.6. The van der Waals surface area contributed by atoms with Crippen molar-refractivity contribution in [2.75, 3.05) is 37.4 Å². The first-order valence-electron chi connectivity index (χ1n) is 12.0. The number of pyridine rings is 1. The smallest absolute Gasteiger partial charge is 0.404 e. The molecule has 0 radical (unpaired) electrons. The van der Waals surface area contributed by atoms with Crippen molar-refractivity contribution in [3.8, 4) is 17.0 Å². The fraction of sp³-hybridized carbons (Fsp3) is 0.296. The van der Waals surface area contributed by atoms with Crippen molar-refractivity contribution < 1.29 is 32.2 Å². The van der Waals surface area contributed by atoms with Gasteiger partial charge in [0.05, 0.1) is 30.6 Å². The van der Waals surface area contributed by atoms with Gasteiger partial charge in [-0.2, -0.15) is 0 Å². The summed E-state index contributed by atoms with van der Waals surface area (Å²) in [5.74, 6) is -1.49. The molecule has 0 aliphatic carbocycles. The van der Waals surface area contributed by atoms with E-state index in [-0.39, 0.29) is 23.5 Å². The van der Waals surface area contributed by atoms with E-state index in [1.807, 2.05) is 17.0 Å². The number of hydrogen-bond donors (Lipinski definition) is 2. The number of amides is 1. The SMILES string of the molecule is CC(C(=O)Nc1cc(C(=O)Cc2ccc(-c3ccc(N)cc3)nc2)ccc1OC(F)(F)F)N1CCOCC1. The average molecular weight is 529 g/mol. The van der Waals surface area contributed by atoms with E-state index in [4.69, 9.17) is 10.5 Å². The summed E-state index contributed by atoms with van der Waals surface area (Å²) >= 11 is 0. The summed E-state index contributed by atoms with van der Waals surface area (Å²) in [6, 6.07) is 13.6. The molecule has 2 aromatic carbocycles. The first-order chi connectivity index (χ1) is 18.1. The van der Waals surface area contributed by atoms with Crippen LogP contribution in [0.15, 0.2) is 60.8 Å². The van der Waals surface area contributed by atoms with Gasteiger partial charge in [0.1, 0.15) is 0 Å². The van der Waals surface area contributed by atoms with Crippen LogP contribution in [-0.2, 0) is 16.0 Å². The maximum absolute atomic E-state index is 13.0. The van der Waals surface area contributed by atoms with Gasteiger partial charge in [0, 0.05) is 42.5 Å². The Morgan fingerprint density at radius 3 is 2.45 bits per heavy atom. The van der Waals surface area contributed by atoms with E-state index in [2.05, 4.69) is 15.0 Å². The summed E-state index contributed by atoms with van der Waals surface area (Å²) in [7, 11) is 0. The Hall–Kier alpha value is -3.96. The highest BCUT2D eigenvalue weighted by Gasteiger charge is 2.33. The number of alkyl halides is 3. The molecule has 3 N–H and O–H groups in total. The molecule has 3 aromatic rings. The van der Waals surface area contributed by atoms with Crippen molar-refractivity contribution in [2.45, 2.75) is 25.7 Å². The number of rotatable bonds is 8. The van der Waals surface area contributed by atoms with Gasteiger partial charge in [0.2, 0.25) is 5.91 Å².